The van der Waals surface area contributed by atoms with Gasteiger partial charge in [-0.05, 0) is 78.4 Å². The zero-order chi connectivity index (χ0) is 28.6. The van der Waals surface area contributed by atoms with Crippen LogP contribution in [-0.4, -0.2) is 21.6 Å². The van der Waals surface area contributed by atoms with Gasteiger partial charge < -0.3 is 0 Å². The molecule has 1 fully saturated rings. The highest BCUT2D eigenvalue weighted by Crippen LogP contribution is 2.45. The smallest absolute Gasteiger partial charge is 0.267 e. The van der Waals surface area contributed by atoms with Crippen molar-refractivity contribution >= 4 is 28.6 Å². The fourth-order valence-electron chi connectivity index (χ4n) is 6.15. The number of carbonyl (C=O) groups is 1. The molecule has 206 valence electrons. The first kappa shape index (κ1) is 26.0. The van der Waals surface area contributed by atoms with Gasteiger partial charge in [0, 0.05) is 16.9 Å². The summed E-state index contributed by atoms with van der Waals surface area (Å²) in [6.45, 7) is 0. The molecule has 7 rings (SSSR count). The van der Waals surface area contributed by atoms with Gasteiger partial charge in [0.1, 0.15) is 11.6 Å². The van der Waals surface area contributed by atoms with Crippen LogP contribution >= 0.6 is 0 Å². The number of hydrazone groups is 1. The second kappa shape index (κ2) is 10.8. The largest absolute Gasteiger partial charge is 0.275 e. The van der Waals surface area contributed by atoms with Crippen LogP contribution in [0.25, 0.3) is 28.2 Å². The Morgan fingerprint density at radius 1 is 0.833 bits per heavy atom. The zero-order valence-corrected chi connectivity index (χ0v) is 22.8. The quantitative estimate of drug-likeness (QED) is 0.223. The first-order valence-corrected chi connectivity index (χ1v) is 14.1. The maximum absolute atomic E-state index is 14.6. The van der Waals surface area contributed by atoms with Crippen molar-refractivity contribution in [2.75, 3.05) is 0 Å². The lowest BCUT2D eigenvalue weighted by molar-refractivity contribution is 0.0683. The summed E-state index contributed by atoms with van der Waals surface area (Å²) < 4.78 is 27.6. The molecular formula is C36H27F2N3O. The lowest BCUT2D eigenvalue weighted by Gasteiger charge is -2.30. The van der Waals surface area contributed by atoms with Crippen molar-refractivity contribution in [2.24, 2.45) is 11.0 Å². The number of hydrogen-bond acceptors (Lipinski definition) is 3. The van der Waals surface area contributed by atoms with E-state index in [1.165, 1.54) is 24.3 Å². The van der Waals surface area contributed by atoms with E-state index in [1.807, 2.05) is 66.7 Å². The summed E-state index contributed by atoms with van der Waals surface area (Å²) in [7, 11) is 0. The van der Waals surface area contributed by atoms with E-state index in [0.717, 1.165) is 58.1 Å². The molecule has 5 aromatic rings. The van der Waals surface area contributed by atoms with E-state index in [4.69, 9.17) is 10.1 Å². The Kier molecular flexibility index (Phi) is 6.67. The number of nitrogens with zero attached hydrogens (tertiary/aromatic N) is 3. The van der Waals surface area contributed by atoms with Gasteiger partial charge in [-0.1, -0.05) is 72.8 Å². The molecule has 42 heavy (non-hydrogen) atoms. The number of aromatic nitrogens is 1. The van der Waals surface area contributed by atoms with Crippen molar-refractivity contribution in [3.63, 3.8) is 0 Å². The minimum atomic E-state index is -0.392. The third-order valence-electron chi connectivity index (χ3n) is 8.15. The monoisotopic (exact) mass is 555 g/mol. The van der Waals surface area contributed by atoms with Crippen molar-refractivity contribution in [3.05, 3.63) is 143 Å². The van der Waals surface area contributed by atoms with Gasteiger partial charge >= 0.3 is 0 Å². The molecule has 1 amide bonds. The molecule has 0 spiro atoms. The number of hydrogen-bond donors (Lipinski definition) is 0. The number of amides is 1. The zero-order valence-electron chi connectivity index (χ0n) is 22.8. The molecule has 0 unspecified atom stereocenters. The highest BCUT2D eigenvalue weighted by atomic mass is 19.1. The number of fused-ring (bicyclic) bond motifs is 2. The number of carbonyl (C=O) groups excluding carboxylic acids is 1. The molecule has 1 saturated carbocycles. The first-order chi connectivity index (χ1) is 20.5. The molecule has 4 nitrogen and oxygen atoms in total. The maximum Gasteiger partial charge on any atom is 0.275 e. The maximum atomic E-state index is 14.6. The molecule has 0 bridgehead atoms. The molecule has 2 aliphatic rings. The van der Waals surface area contributed by atoms with Crippen LogP contribution in [0.4, 0.5) is 8.78 Å². The second-order valence-electron chi connectivity index (χ2n) is 10.8. The molecule has 0 radical (unpaired) electrons. The summed E-state index contributed by atoms with van der Waals surface area (Å²) in [6.07, 6.45) is 4.61. The summed E-state index contributed by atoms with van der Waals surface area (Å²) in [5.41, 5.74) is 6.46. The topological polar surface area (TPSA) is 45.6 Å². The van der Waals surface area contributed by atoms with Crippen molar-refractivity contribution in [1.82, 2.24) is 9.99 Å². The summed E-state index contributed by atoms with van der Waals surface area (Å²) in [6, 6.07) is 31.6. The van der Waals surface area contributed by atoms with E-state index in [1.54, 1.807) is 29.3 Å². The van der Waals surface area contributed by atoms with Crippen LogP contribution < -0.4 is 0 Å². The molecule has 2 atom stereocenters. The van der Waals surface area contributed by atoms with Gasteiger partial charge in [0.25, 0.3) is 5.91 Å². The molecule has 1 aliphatic heterocycles. The Morgan fingerprint density at radius 2 is 1.52 bits per heavy atom. The van der Waals surface area contributed by atoms with E-state index in [0.29, 0.717) is 11.3 Å². The van der Waals surface area contributed by atoms with Crippen LogP contribution in [0.15, 0.2) is 120 Å². The normalized spacial score (nSPS) is 19.1. The van der Waals surface area contributed by atoms with Crippen LogP contribution in [0, 0.1) is 17.6 Å². The third-order valence-corrected chi connectivity index (χ3v) is 8.15. The van der Waals surface area contributed by atoms with Crippen LogP contribution in [0.5, 0.6) is 0 Å². The minimum Gasteiger partial charge on any atom is -0.267 e. The fraction of sp³-hybridized carbons (Fsp3) is 0.139. The molecule has 4 aromatic carbocycles. The van der Waals surface area contributed by atoms with Crippen LogP contribution in [0.2, 0.25) is 0 Å². The summed E-state index contributed by atoms with van der Waals surface area (Å²) >= 11 is 0. The van der Waals surface area contributed by atoms with E-state index in [-0.39, 0.29) is 23.5 Å². The van der Waals surface area contributed by atoms with Gasteiger partial charge in [0.2, 0.25) is 0 Å². The number of para-hydroxylation sites is 1. The SMILES string of the molecule is O=C(c1cc(-c2ccccc2)nc2ccccc12)N1N=C2/C(=C\c3ccc(F)cc3)CCC[C@@H]2[C@H]1c1ccc(F)cc1. The van der Waals surface area contributed by atoms with Gasteiger partial charge in [-0.25, -0.2) is 18.8 Å². The average molecular weight is 556 g/mol. The number of rotatable bonds is 4. The van der Waals surface area contributed by atoms with Crippen molar-refractivity contribution < 1.29 is 13.6 Å². The molecule has 0 saturated heterocycles. The number of pyridine rings is 1. The molecule has 6 heteroatoms. The predicted molar refractivity (Wildman–Crippen MR) is 162 cm³/mol. The Bertz CT molecular complexity index is 1850. The van der Waals surface area contributed by atoms with Crippen molar-refractivity contribution in [2.45, 2.75) is 25.3 Å². The van der Waals surface area contributed by atoms with E-state index in [2.05, 4.69) is 0 Å². The van der Waals surface area contributed by atoms with Crippen LogP contribution in [0.1, 0.15) is 46.8 Å². The van der Waals surface area contributed by atoms with E-state index < -0.39 is 6.04 Å². The Hall–Kier alpha value is -4.97. The standard InChI is InChI=1S/C36H27F2N3O/c37-27-17-13-23(14-18-27)21-26-9-6-11-30-34(26)40-41(35(30)25-15-19-28(38)20-16-25)36(42)31-22-33(24-7-2-1-3-8-24)39-32-12-5-4-10-29(31)32/h1-5,7-8,10,12-22,30,35H,6,9,11H2/b26-21-/t30-,35+/m0/s1. The Labute approximate surface area is 242 Å². The average Bonchev–Trinajstić information content (AvgIpc) is 3.43. The number of benzene rings is 4. The molecular weight excluding hydrogens is 528 g/mol. The highest BCUT2D eigenvalue weighted by molar-refractivity contribution is 6.12. The Morgan fingerprint density at radius 3 is 2.29 bits per heavy atom. The van der Waals surface area contributed by atoms with Gasteiger partial charge in [0.15, 0.2) is 0 Å². The lowest BCUT2D eigenvalue weighted by atomic mass is 9.77. The first-order valence-electron chi connectivity index (χ1n) is 14.1. The molecule has 1 aliphatic carbocycles. The highest BCUT2D eigenvalue weighted by Gasteiger charge is 2.44. The van der Waals surface area contributed by atoms with Gasteiger partial charge in [-0.3, -0.25) is 4.79 Å². The summed E-state index contributed by atoms with van der Waals surface area (Å²) in [4.78, 5) is 19.5. The third kappa shape index (κ3) is 4.79. The summed E-state index contributed by atoms with van der Waals surface area (Å²) in [5, 5.41) is 7.35. The lowest BCUT2D eigenvalue weighted by Crippen LogP contribution is -2.32. The molecule has 2 heterocycles. The van der Waals surface area contributed by atoms with Gasteiger partial charge in [-0.2, -0.15) is 5.10 Å². The number of halogens is 2. The molecule has 1 aromatic heterocycles. The minimum absolute atomic E-state index is 0.0541. The van der Waals surface area contributed by atoms with Crippen molar-refractivity contribution in [1.29, 1.82) is 0 Å². The Balaban J connectivity index is 1.37. The van der Waals surface area contributed by atoms with Crippen molar-refractivity contribution in [3.8, 4) is 11.3 Å². The second-order valence-corrected chi connectivity index (χ2v) is 10.8. The summed E-state index contributed by atoms with van der Waals surface area (Å²) in [5.74, 6) is -0.905. The fourth-order valence-corrected chi connectivity index (χ4v) is 6.15. The van der Waals surface area contributed by atoms with Crippen LogP contribution in [-0.2, 0) is 0 Å². The van der Waals surface area contributed by atoms with Gasteiger partial charge in [0.05, 0.1) is 28.5 Å². The number of allylic oxidation sites excluding steroid dienone is 1. The van der Waals surface area contributed by atoms with E-state index >= 15 is 0 Å². The van der Waals surface area contributed by atoms with Crippen LogP contribution in [0.3, 0.4) is 0 Å². The predicted octanol–water partition coefficient (Wildman–Crippen LogP) is 8.62. The molecule has 0 N–H and O–H groups in total. The van der Waals surface area contributed by atoms with Gasteiger partial charge in [-0.15, -0.1) is 0 Å². The van der Waals surface area contributed by atoms with E-state index in [9.17, 15) is 13.6 Å².